The molecule has 30 heavy (non-hydrogen) atoms. The van der Waals surface area contributed by atoms with E-state index in [4.69, 9.17) is 4.55 Å². The lowest BCUT2D eigenvalue weighted by Gasteiger charge is -2.22. The van der Waals surface area contributed by atoms with Crippen molar-refractivity contribution in [3.8, 4) is 16.9 Å². The summed E-state index contributed by atoms with van der Waals surface area (Å²) < 4.78 is 61.6. The summed E-state index contributed by atoms with van der Waals surface area (Å²) in [6.45, 7) is 0. The molecule has 1 atom stereocenters. The Morgan fingerprint density at radius 1 is 1.00 bits per heavy atom. The van der Waals surface area contributed by atoms with Gasteiger partial charge in [-0.1, -0.05) is 12.1 Å². The molecule has 2 aromatic heterocycles. The lowest BCUT2D eigenvalue weighted by molar-refractivity contribution is 0.485. The number of pyridine rings is 1. The van der Waals surface area contributed by atoms with E-state index in [-0.39, 0.29) is 33.1 Å². The molecule has 2 heterocycles. The van der Waals surface area contributed by atoms with Crippen molar-refractivity contribution >= 4 is 21.6 Å². The molecule has 4 aromatic rings. The summed E-state index contributed by atoms with van der Waals surface area (Å²) in [7, 11) is -3.25. The summed E-state index contributed by atoms with van der Waals surface area (Å²) in [6.07, 6.45) is 1.17. The van der Waals surface area contributed by atoms with Crippen LogP contribution in [0.5, 0.6) is 0 Å². The van der Waals surface area contributed by atoms with Gasteiger partial charge in [-0.3, -0.25) is 13.9 Å². The number of fused-ring (bicyclic) bond motifs is 1. The molecule has 0 spiro atoms. The lowest BCUT2D eigenvalue weighted by atomic mass is 10.1. The predicted molar refractivity (Wildman–Crippen MR) is 108 cm³/mol. The van der Waals surface area contributed by atoms with Crippen LogP contribution in [0.25, 0.3) is 28.0 Å². The molecule has 3 N–H and O–H groups in total. The fourth-order valence-electron chi connectivity index (χ4n) is 3.03. The third kappa shape index (κ3) is 3.45. The second kappa shape index (κ2) is 7.24. The SMILES string of the molecule is CS(O)([OH2+])c1nc(-c2ccc(F)cc2F)c2ccc(=O)n(-c3ccccc3F)c2n1. The normalized spacial score (nSPS) is 14.5. The van der Waals surface area contributed by atoms with E-state index in [2.05, 4.69) is 9.97 Å². The fourth-order valence-corrected chi connectivity index (χ4v) is 3.56. The average Bonchev–Trinajstić information content (AvgIpc) is 2.67. The molecule has 0 saturated heterocycles. The lowest BCUT2D eigenvalue weighted by Crippen LogP contribution is -2.20. The van der Waals surface area contributed by atoms with Crippen LogP contribution in [-0.2, 0) is 0 Å². The highest BCUT2D eigenvalue weighted by Crippen LogP contribution is 2.43. The smallest absolute Gasteiger partial charge is 0.285 e. The molecule has 0 saturated carbocycles. The molecule has 6 nitrogen and oxygen atoms in total. The maximum Gasteiger partial charge on any atom is 0.285 e. The molecule has 154 valence electrons. The molecule has 0 aliphatic rings. The number of hydrogen-bond acceptors (Lipinski definition) is 4. The van der Waals surface area contributed by atoms with Gasteiger partial charge < -0.3 is 4.55 Å². The monoisotopic (exact) mass is 434 g/mol. The maximum absolute atomic E-state index is 14.5. The Kier molecular flexibility index (Phi) is 4.85. The van der Waals surface area contributed by atoms with Crippen LogP contribution in [-0.4, -0.2) is 29.9 Å². The van der Waals surface area contributed by atoms with E-state index in [1.54, 1.807) is 0 Å². The summed E-state index contributed by atoms with van der Waals surface area (Å²) in [6, 6.07) is 10.8. The minimum absolute atomic E-state index is 0.0578. The fraction of sp³-hybridized carbons (Fsp3) is 0.0500. The van der Waals surface area contributed by atoms with Gasteiger partial charge in [0.05, 0.1) is 17.6 Å². The zero-order chi connectivity index (χ0) is 21.6. The Hall–Kier alpha value is -3.21. The minimum Gasteiger partial charge on any atom is -0.321 e. The first-order valence-electron chi connectivity index (χ1n) is 8.56. The van der Waals surface area contributed by atoms with E-state index in [0.29, 0.717) is 6.07 Å². The second-order valence-corrected chi connectivity index (χ2v) is 8.67. The summed E-state index contributed by atoms with van der Waals surface area (Å²) in [5.74, 6) is -2.42. The Balaban J connectivity index is 2.18. The summed E-state index contributed by atoms with van der Waals surface area (Å²) in [5.41, 5.74) is -1.02. The highest BCUT2D eigenvalue weighted by molar-refractivity contribution is 8.23. The average molecular weight is 434 g/mol. The van der Waals surface area contributed by atoms with Crippen LogP contribution in [0.4, 0.5) is 13.2 Å². The summed E-state index contributed by atoms with van der Waals surface area (Å²) >= 11 is 0. The van der Waals surface area contributed by atoms with Crippen LogP contribution in [0.15, 0.2) is 64.5 Å². The van der Waals surface area contributed by atoms with Gasteiger partial charge >= 0.3 is 0 Å². The van der Waals surface area contributed by atoms with Crippen LogP contribution in [0.3, 0.4) is 0 Å². The molecule has 0 aliphatic heterocycles. The zero-order valence-corrected chi connectivity index (χ0v) is 16.3. The van der Waals surface area contributed by atoms with E-state index < -0.39 is 33.6 Å². The summed E-state index contributed by atoms with van der Waals surface area (Å²) in [5, 5.41) is -0.194. The first kappa shape index (κ1) is 20.1. The molecule has 0 fully saturated rings. The van der Waals surface area contributed by atoms with Gasteiger partial charge in [0.25, 0.3) is 10.7 Å². The highest BCUT2D eigenvalue weighted by Gasteiger charge is 2.24. The molecule has 0 aliphatic carbocycles. The van der Waals surface area contributed by atoms with Crippen LogP contribution in [0, 0.1) is 17.5 Å². The number of benzene rings is 2. The maximum atomic E-state index is 14.5. The minimum atomic E-state index is -3.25. The zero-order valence-electron chi connectivity index (χ0n) is 15.4. The molecule has 0 bridgehead atoms. The third-order valence-electron chi connectivity index (χ3n) is 4.36. The van der Waals surface area contributed by atoms with Gasteiger partial charge in [0.1, 0.15) is 17.5 Å². The van der Waals surface area contributed by atoms with Gasteiger partial charge in [0, 0.05) is 23.1 Å². The number of hydrogen-bond donors (Lipinski definition) is 1. The Bertz CT molecular complexity index is 1350. The molecule has 10 heteroatoms. The standard InChI is InChI=1S/C20H14F3N3O3S/c1-30(28,29)20-24-18(12-7-6-11(21)10-15(12)23)13-8-9-17(27)26(19(13)25-20)16-5-3-2-4-14(16)22/h2-10,28-29H,1H3/p+1. The van der Waals surface area contributed by atoms with E-state index in [1.165, 1.54) is 30.5 Å². The number of halogens is 3. The quantitative estimate of drug-likeness (QED) is 0.393. The van der Waals surface area contributed by atoms with Crippen molar-refractivity contribution in [2.75, 3.05) is 6.26 Å². The van der Waals surface area contributed by atoms with Gasteiger partial charge in [0.15, 0.2) is 5.65 Å². The van der Waals surface area contributed by atoms with Gasteiger partial charge in [-0.15, -0.1) is 0 Å². The van der Waals surface area contributed by atoms with Crippen LogP contribution >= 0.6 is 10.6 Å². The number of para-hydroxylation sites is 1. The van der Waals surface area contributed by atoms with Crippen LogP contribution < -0.4 is 5.56 Å². The van der Waals surface area contributed by atoms with Crippen molar-refractivity contribution in [3.05, 3.63) is 82.4 Å². The van der Waals surface area contributed by atoms with Crippen molar-refractivity contribution in [1.82, 2.24) is 14.5 Å². The van der Waals surface area contributed by atoms with Crippen molar-refractivity contribution in [3.63, 3.8) is 0 Å². The van der Waals surface area contributed by atoms with E-state index in [1.807, 2.05) is 0 Å². The van der Waals surface area contributed by atoms with E-state index >= 15 is 0 Å². The van der Waals surface area contributed by atoms with Crippen molar-refractivity contribution in [2.24, 2.45) is 0 Å². The van der Waals surface area contributed by atoms with E-state index in [0.717, 1.165) is 28.8 Å². The molecule has 1 unspecified atom stereocenters. The number of rotatable bonds is 3. The van der Waals surface area contributed by atoms with Crippen molar-refractivity contribution in [2.45, 2.75) is 5.16 Å². The van der Waals surface area contributed by atoms with Crippen LogP contribution in [0.1, 0.15) is 0 Å². The third-order valence-corrected chi connectivity index (χ3v) is 5.26. The molecular formula is C20H15F3N3O3S+. The topological polar surface area (TPSA) is 90.9 Å². The van der Waals surface area contributed by atoms with Crippen molar-refractivity contribution < 1.29 is 22.3 Å². The largest absolute Gasteiger partial charge is 0.321 e. The highest BCUT2D eigenvalue weighted by atomic mass is 32.3. The number of aromatic nitrogens is 3. The Morgan fingerprint density at radius 2 is 1.73 bits per heavy atom. The first-order chi connectivity index (χ1) is 14.2. The van der Waals surface area contributed by atoms with E-state index in [9.17, 15) is 22.5 Å². The van der Waals surface area contributed by atoms with Gasteiger partial charge in [0.2, 0.25) is 0 Å². The van der Waals surface area contributed by atoms with Gasteiger partial charge in [-0.25, -0.2) is 18.2 Å². The number of nitrogens with zero attached hydrogens (tertiary/aromatic N) is 3. The molecule has 0 radical (unpaired) electrons. The summed E-state index contributed by atoms with van der Waals surface area (Å²) in [4.78, 5) is 20.9. The molecular weight excluding hydrogens is 419 g/mol. The first-order valence-corrected chi connectivity index (χ1v) is 10.6. The Morgan fingerprint density at radius 3 is 2.40 bits per heavy atom. The van der Waals surface area contributed by atoms with Gasteiger partial charge in [-0.05, 0) is 40.9 Å². The molecule has 4 rings (SSSR count). The molecule has 0 amide bonds. The predicted octanol–water partition coefficient (Wildman–Crippen LogP) is 3.77. The Labute approximate surface area is 169 Å². The second-order valence-electron chi connectivity index (χ2n) is 6.55. The van der Waals surface area contributed by atoms with Crippen molar-refractivity contribution in [1.29, 1.82) is 0 Å². The van der Waals surface area contributed by atoms with Crippen LogP contribution in [0.2, 0.25) is 0 Å². The molecule has 2 aromatic carbocycles. The van der Waals surface area contributed by atoms with Gasteiger partial charge in [-0.2, -0.15) is 4.98 Å².